The SMILES string of the molecule is Cn1nc(NS(C)(=O)=O)c2c(Cl)ccc(-n3c([C@@H](Cc4cc(F)cc(F)c4)C(C(N)=O)n4nc(C(F)F)c5c4C(F)(F)[C@@H]4C[C@H]54)nc4c(F)cc(F)cc4c3=O)c21. The summed E-state index contributed by atoms with van der Waals surface area (Å²) in [5, 5.41) is 7.00. The van der Waals surface area contributed by atoms with Gasteiger partial charge < -0.3 is 5.73 Å². The van der Waals surface area contributed by atoms with Crippen LogP contribution in [0, 0.1) is 29.2 Å². The minimum atomic E-state index is -4.02. The molecule has 0 saturated heterocycles. The number of hydrogen-bond donors (Lipinski definition) is 2. The molecule has 2 aliphatic rings. The first-order chi connectivity index (χ1) is 26.7. The summed E-state index contributed by atoms with van der Waals surface area (Å²) in [4.78, 5) is 32.7. The van der Waals surface area contributed by atoms with Gasteiger partial charge in [-0.25, -0.2) is 44.4 Å². The number of nitrogens with two attached hydrogens (primary N) is 1. The van der Waals surface area contributed by atoms with Crippen LogP contribution < -0.4 is 16.0 Å². The number of hydrogen-bond acceptors (Lipinski definition) is 7. The van der Waals surface area contributed by atoms with Crippen molar-refractivity contribution in [1.29, 1.82) is 0 Å². The van der Waals surface area contributed by atoms with Crippen molar-refractivity contribution in [2.45, 2.75) is 43.1 Å². The van der Waals surface area contributed by atoms with Gasteiger partial charge in [0, 0.05) is 30.7 Å². The average molecular weight is 841 g/mol. The molecular formula is C35H25ClF8N8O4S. The topological polar surface area (TPSA) is 160 Å². The number of anilines is 1. The van der Waals surface area contributed by atoms with Crippen LogP contribution in [0.1, 0.15) is 59.1 Å². The fourth-order valence-electron chi connectivity index (χ4n) is 7.93. The van der Waals surface area contributed by atoms with Gasteiger partial charge in [0.25, 0.3) is 17.9 Å². The van der Waals surface area contributed by atoms with Gasteiger partial charge in [0.05, 0.1) is 39.2 Å². The van der Waals surface area contributed by atoms with Crippen molar-refractivity contribution in [1.82, 2.24) is 29.1 Å². The number of sulfonamides is 1. The molecule has 0 aliphatic heterocycles. The lowest BCUT2D eigenvalue weighted by Gasteiger charge is -2.30. The largest absolute Gasteiger partial charge is 0.368 e. The number of benzene rings is 3. The van der Waals surface area contributed by atoms with E-state index in [-0.39, 0.29) is 39.4 Å². The Morgan fingerprint density at radius 3 is 2.35 bits per heavy atom. The molecule has 0 radical (unpaired) electrons. The molecule has 0 bridgehead atoms. The smallest absolute Gasteiger partial charge is 0.293 e. The number of amides is 1. The van der Waals surface area contributed by atoms with E-state index in [0.717, 1.165) is 23.1 Å². The molecular weight excluding hydrogens is 816 g/mol. The summed E-state index contributed by atoms with van der Waals surface area (Å²) in [6.45, 7) is 0. The third-order valence-corrected chi connectivity index (χ3v) is 11.0. The van der Waals surface area contributed by atoms with E-state index < -0.39 is 121 Å². The van der Waals surface area contributed by atoms with Crippen LogP contribution in [0.5, 0.6) is 0 Å². The first kappa shape index (κ1) is 38.3. The molecule has 57 heavy (non-hydrogen) atoms. The summed E-state index contributed by atoms with van der Waals surface area (Å²) in [5.74, 6) is -15.8. The summed E-state index contributed by atoms with van der Waals surface area (Å²) in [7, 11) is -2.71. The highest BCUT2D eigenvalue weighted by Crippen LogP contribution is 2.68. The van der Waals surface area contributed by atoms with Crippen molar-refractivity contribution >= 4 is 55.2 Å². The van der Waals surface area contributed by atoms with Crippen LogP contribution in [0.15, 0.2) is 47.3 Å². The van der Waals surface area contributed by atoms with E-state index in [1.165, 1.54) is 19.2 Å². The molecule has 3 N–H and O–H groups in total. The molecule has 12 nitrogen and oxygen atoms in total. The quantitative estimate of drug-likeness (QED) is 0.154. The van der Waals surface area contributed by atoms with E-state index in [2.05, 4.69) is 19.9 Å². The highest BCUT2D eigenvalue weighted by Gasteiger charge is 2.67. The van der Waals surface area contributed by atoms with Crippen LogP contribution in [-0.2, 0) is 34.2 Å². The van der Waals surface area contributed by atoms with Crippen molar-refractivity contribution in [2.24, 2.45) is 18.7 Å². The zero-order valence-electron chi connectivity index (χ0n) is 29.0. The monoisotopic (exact) mass is 840 g/mol. The van der Waals surface area contributed by atoms with Gasteiger partial charge >= 0.3 is 0 Å². The Balaban J connectivity index is 1.50. The number of alkyl halides is 4. The van der Waals surface area contributed by atoms with Gasteiger partial charge in [-0.05, 0) is 54.7 Å². The highest BCUT2D eigenvalue weighted by molar-refractivity contribution is 7.92. The van der Waals surface area contributed by atoms with Gasteiger partial charge in [-0.2, -0.15) is 19.0 Å². The van der Waals surface area contributed by atoms with Crippen LogP contribution in [0.4, 0.5) is 40.9 Å². The van der Waals surface area contributed by atoms with Gasteiger partial charge in [0.1, 0.15) is 46.2 Å². The Hall–Kier alpha value is -5.57. The van der Waals surface area contributed by atoms with E-state index in [0.29, 0.717) is 27.4 Å². The van der Waals surface area contributed by atoms with Crippen molar-refractivity contribution in [3.05, 3.63) is 109 Å². The van der Waals surface area contributed by atoms with Crippen LogP contribution >= 0.6 is 11.6 Å². The Labute approximate surface area is 319 Å². The molecule has 3 aromatic carbocycles. The lowest BCUT2D eigenvalue weighted by atomic mass is 9.89. The zero-order chi connectivity index (χ0) is 41.2. The van der Waals surface area contributed by atoms with Crippen molar-refractivity contribution in [3.8, 4) is 5.69 Å². The lowest BCUT2D eigenvalue weighted by Crippen LogP contribution is -2.39. The van der Waals surface area contributed by atoms with E-state index in [1.807, 2.05) is 0 Å². The molecule has 0 spiro atoms. The number of aryl methyl sites for hydroxylation is 1. The van der Waals surface area contributed by atoms with Gasteiger partial charge in [-0.3, -0.25) is 23.6 Å². The Morgan fingerprint density at radius 1 is 1.05 bits per heavy atom. The number of aromatic nitrogens is 6. The highest BCUT2D eigenvalue weighted by atomic mass is 35.5. The third-order valence-electron chi connectivity index (χ3n) is 10.1. The molecule has 22 heteroatoms. The minimum Gasteiger partial charge on any atom is -0.368 e. The molecule has 1 fully saturated rings. The number of primary amides is 1. The number of halogens is 9. The molecule has 8 rings (SSSR count). The van der Waals surface area contributed by atoms with E-state index in [9.17, 15) is 40.0 Å². The molecule has 1 unspecified atom stereocenters. The molecule has 1 amide bonds. The number of nitrogens with one attached hydrogen (secondary N) is 1. The van der Waals surface area contributed by atoms with Crippen molar-refractivity contribution < 1.29 is 48.3 Å². The predicted octanol–water partition coefficient (Wildman–Crippen LogP) is 6.25. The standard InChI is InChI=1S/C35H25ClF8N8O4S/c1-50-28-22(4-3-20(36)24(28)32(48-50)49-57(2,55)56)51-33(46-25-17(34(51)54)9-15(39)10-21(25)40)18(7-12-5-13(37)8-14(38)6-12)27(31(45)53)52-29-23(26(47-52)30(41)42)16-11-19(16)35(29,43)44/h3-6,8-10,16,18-19,27,30H,7,11H2,1-2H3,(H2,45,53)(H,48,49)/t16-,18-,19+,27?/m0/s1. The summed E-state index contributed by atoms with van der Waals surface area (Å²) in [6.07, 6.45) is -3.58. The number of carbonyl (C=O) groups is 1. The summed E-state index contributed by atoms with van der Waals surface area (Å²) in [6, 6.07) is 3.15. The van der Waals surface area contributed by atoms with Crippen LogP contribution in [0.3, 0.4) is 0 Å². The van der Waals surface area contributed by atoms with Gasteiger partial charge in [-0.15, -0.1) is 0 Å². The second-order valence-electron chi connectivity index (χ2n) is 13.9. The zero-order valence-corrected chi connectivity index (χ0v) is 30.6. The maximum absolute atomic E-state index is 16.0. The van der Waals surface area contributed by atoms with Crippen LogP contribution in [0.25, 0.3) is 27.5 Å². The molecule has 6 aromatic rings. The maximum Gasteiger partial charge on any atom is 0.293 e. The Bertz CT molecular complexity index is 2880. The molecule has 3 heterocycles. The molecule has 3 aromatic heterocycles. The molecule has 1 saturated carbocycles. The second kappa shape index (κ2) is 13.0. The predicted molar refractivity (Wildman–Crippen MR) is 188 cm³/mol. The van der Waals surface area contributed by atoms with E-state index >= 15 is 13.2 Å². The second-order valence-corrected chi connectivity index (χ2v) is 16.1. The van der Waals surface area contributed by atoms with Crippen molar-refractivity contribution in [2.75, 3.05) is 11.0 Å². The Morgan fingerprint density at radius 2 is 1.72 bits per heavy atom. The number of fused-ring (bicyclic) bond motifs is 5. The maximum atomic E-state index is 16.0. The van der Waals surface area contributed by atoms with Gasteiger partial charge in [0.2, 0.25) is 15.9 Å². The van der Waals surface area contributed by atoms with Gasteiger partial charge in [0.15, 0.2) is 11.6 Å². The van der Waals surface area contributed by atoms with Crippen LogP contribution in [-0.4, -0.2) is 49.7 Å². The molecule has 2 aliphatic carbocycles. The fourth-order valence-corrected chi connectivity index (χ4v) is 8.67. The normalized spacial score (nSPS) is 18.2. The van der Waals surface area contributed by atoms with E-state index in [4.69, 9.17) is 17.3 Å². The first-order valence-electron chi connectivity index (χ1n) is 16.8. The Kier molecular flexibility index (Phi) is 8.72. The summed E-state index contributed by atoms with van der Waals surface area (Å²) >= 11 is 6.51. The van der Waals surface area contributed by atoms with Crippen molar-refractivity contribution in [3.63, 3.8) is 0 Å². The third kappa shape index (κ3) is 6.17. The molecule has 4 atom stereocenters. The van der Waals surface area contributed by atoms with Gasteiger partial charge in [-0.1, -0.05) is 11.6 Å². The minimum absolute atomic E-state index is 0.119. The summed E-state index contributed by atoms with van der Waals surface area (Å²) in [5.41, 5.74) is 0.459. The number of carbonyl (C=O) groups excluding carboxylic acids is 1. The first-order valence-corrected chi connectivity index (χ1v) is 19.0. The average Bonchev–Trinajstić information content (AvgIpc) is 3.62. The van der Waals surface area contributed by atoms with Crippen LogP contribution in [0.2, 0.25) is 5.02 Å². The van der Waals surface area contributed by atoms with E-state index in [1.54, 1.807) is 0 Å². The molecule has 298 valence electrons. The fraction of sp³-hybridized carbons (Fsp3) is 0.286. The number of rotatable bonds is 10. The number of nitrogens with zero attached hydrogens (tertiary/aromatic N) is 6. The lowest BCUT2D eigenvalue weighted by molar-refractivity contribution is -0.122. The summed E-state index contributed by atoms with van der Waals surface area (Å²) < 4.78 is 150.